The lowest BCUT2D eigenvalue weighted by atomic mass is 10.1. The molecule has 4 rings (SSSR count). The summed E-state index contributed by atoms with van der Waals surface area (Å²) in [6.07, 6.45) is 3.45. The molecule has 0 fully saturated rings. The maximum atomic E-state index is 12.9. The Morgan fingerprint density at radius 1 is 1.03 bits per heavy atom. The average Bonchev–Trinajstić information content (AvgIpc) is 3.46. The van der Waals surface area contributed by atoms with Gasteiger partial charge in [-0.3, -0.25) is 14.3 Å². The van der Waals surface area contributed by atoms with E-state index in [4.69, 9.17) is 4.74 Å². The summed E-state index contributed by atoms with van der Waals surface area (Å²) in [5, 5.41) is 16.6. The highest BCUT2D eigenvalue weighted by Crippen LogP contribution is 2.40. The molecular weight excluding hydrogens is 444 g/mol. The van der Waals surface area contributed by atoms with Crippen molar-refractivity contribution in [2.75, 3.05) is 35.8 Å². The van der Waals surface area contributed by atoms with Crippen molar-refractivity contribution in [2.24, 2.45) is 0 Å². The number of hydrogen-bond acceptors (Lipinski definition) is 7. The normalized spacial score (nSPS) is 12.2. The number of ketones is 1. The van der Waals surface area contributed by atoms with Crippen molar-refractivity contribution in [1.29, 1.82) is 5.26 Å². The van der Waals surface area contributed by atoms with Crippen LogP contribution in [0.2, 0.25) is 0 Å². The van der Waals surface area contributed by atoms with E-state index in [2.05, 4.69) is 10.4 Å². The van der Waals surface area contributed by atoms with Gasteiger partial charge in [0.05, 0.1) is 17.9 Å². The van der Waals surface area contributed by atoms with E-state index in [1.165, 1.54) is 0 Å². The molecule has 0 saturated heterocycles. The minimum absolute atomic E-state index is 0.0339. The van der Waals surface area contributed by atoms with Crippen LogP contribution in [0.3, 0.4) is 0 Å². The molecular formula is C26H26N6O3. The molecule has 1 aromatic heterocycles. The van der Waals surface area contributed by atoms with Crippen LogP contribution in [0.15, 0.2) is 78.4 Å². The van der Waals surface area contributed by atoms with Crippen molar-refractivity contribution in [3.8, 4) is 11.8 Å². The second kappa shape index (κ2) is 10.6. The third-order valence-electron chi connectivity index (χ3n) is 5.70. The van der Waals surface area contributed by atoms with Crippen molar-refractivity contribution < 1.29 is 14.3 Å². The van der Waals surface area contributed by atoms with E-state index in [0.29, 0.717) is 30.4 Å². The fourth-order valence-electron chi connectivity index (χ4n) is 3.99. The number of benzene rings is 2. The Morgan fingerprint density at radius 3 is 2.43 bits per heavy atom. The van der Waals surface area contributed by atoms with E-state index in [1.807, 2.05) is 66.5 Å². The number of Topliss-reactive ketones (excluding diaryl/α,β-unsaturated/α-hetero) is 1. The topological polar surface area (TPSA) is 103 Å². The van der Waals surface area contributed by atoms with Crippen LogP contribution in [0.4, 0.5) is 17.1 Å². The lowest BCUT2D eigenvalue weighted by Crippen LogP contribution is -2.26. The minimum atomic E-state index is -0.375. The zero-order valence-corrected chi connectivity index (χ0v) is 19.6. The van der Waals surface area contributed by atoms with E-state index in [9.17, 15) is 14.9 Å². The summed E-state index contributed by atoms with van der Waals surface area (Å²) in [6, 6.07) is 18.6. The summed E-state index contributed by atoms with van der Waals surface area (Å²) in [7, 11) is 3.64. The predicted octanol–water partition coefficient (Wildman–Crippen LogP) is 3.57. The van der Waals surface area contributed by atoms with E-state index < -0.39 is 0 Å². The molecule has 178 valence electrons. The number of nitrogens with one attached hydrogen (secondary N) is 1. The van der Waals surface area contributed by atoms with Crippen LogP contribution in [0.1, 0.15) is 12.8 Å². The molecule has 9 heteroatoms. The number of nitrogens with zero attached hydrogens (tertiary/aromatic N) is 5. The van der Waals surface area contributed by atoms with Gasteiger partial charge in [-0.25, -0.2) is 0 Å². The predicted molar refractivity (Wildman–Crippen MR) is 133 cm³/mol. The Morgan fingerprint density at radius 2 is 1.77 bits per heavy atom. The van der Waals surface area contributed by atoms with Gasteiger partial charge in [0.1, 0.15) is 29.8 Å². The van der Waals surface area contributed by atoms with Crippen LogP contribution >= 0.6 is 0 Å². The molecule has 0 radical (unpaired) electrons. The van der Waals surface area contributed by atoms with Gasteiger partial charge in [-0.1, -0.05) is 18.2 Å². The maximum Gasteiger partial charge on any atom is 0.224 e. The smallest absolute Gasteiger partial charge is 0.224 e. The number of nitriles is 1. The van der Waals surface area contributed by atoms with Crippen LogP contribution in [0.5, 0.6) is 5.75 Å². The number of aromatic nitrogens is 2. The van der Waals surface area contributed by atoms with Crippen molar-refractivity contribution >= 4 is 28.8 Å². The molecule has 0 unspecified atom stereocenters. The fraction of sp³-hybridized carbons (Fsp3) is 0.231. The van der Waals surface area contributed by atoms with E-state index in [-0.39, 0.29) is 30.1 Å². The molecule has 1 amide bonds. The zero-order valence-electron chi connectivity index (χ0n) is 19.6. The highest BCUT2D eigenvalue weighted by Gasteiger charge is 2.31. The molecule has 35 heavy (non-hydrogen) atoms. The number of hydrogen-bond donors (Lipinski definition) is 1. The molecule has 3 aromatic rings. The number of allylic oxidation sites excluding steroid dienone is 1. The van der Waals surface area contributed by atoms with Gasteiger partial charge >= 0.3 is 0 Å². The second-order valence-corrected chi connectivity index (χ2v) is 8.03. The van der Waals surface area contributed by atoms with Crippen molar-refractivity contribution in [3.05, 3.63) is 78.4 Å². The summed E-state index contributed by atoms with van der Waals surface area (Å²) in [5.41, 5.74) is 2.43. The number of carbonyl (C=O) groups is 2. The lowest BCUT2D eigenvalue weighted by Gasteiger charge is -2.19. The number of anilines is 3. The quantitative estimate of drug-likeness (QED) is 0.377. The molecule has 1 aliphatic rings. The SMILES string of the molecule is CN1C(=C(C#N)C(=O)CCC(=O)Nc2cccc(OCCn3cccn3)c2)N(C)c2ccccc21. The number of fused-ring (bicyclic) bond motifs is 1. The third-order valence-corrected chi connectivity index (χ3v) is 5.70. The Balaban J connectivity index is 1.33. The van der Waals surface area contributed by atoms with Gasteiger partial charge in [0.2, 0.25) is 5.91 Å². The molecule has 0 atom stereocenters. The van der Waals surface area contributed by atoms with Gasteiger partial charge in [0.15, 0.2) is 5.78 Å². The fourth-order valence-corrected chi connectivity index (χ4v) is 3.99. The number of amides is 1. The molecule has 1 N–H and O–H groups in total. The first-order valence-electron chi connectivity index (χ1n) is 11.2. The standard InChI is InChI=1S/C26H26N6O3/c1-30-22-9-3-4-10-23(22)31(2)26(30)21(18-27)24(33)11-12-25(34)29-19-7-5-8-20(17-19)35-16-15-32-14-6-13-28-32/h3-10,13-14,17H,11-12,15-16H2,1-2H3,(H,29,34). The van der Waals surface area contributed by atoms with Gasteiger partial charge < -0.3 is 19.9 Å². The first-order chi connectivity index (χ1) is 17.0. The van der Waals surface area contributed by atoms with Crippen molar-refractivity contribution in [3.63, 3.8) is 0 Å². The van der Waals surface area contributed by atoms with Crippen LogP contribution in [0, 0.1) is 11.3 Å². The highest BCUT2D eigenvalue weighted by atomic mass is 16.5. The number of carbonyl (C=O) groups excluding carboxylic acids is 2. The third kappa shape index (κ3) is 5.33. The first-order valence-corrected chi connectivity index (χ1v) is 11.2. The van der Waals surface area contributed by atoms with Gasteiger partial charge in [0, 0.05) is 51.1 Å². The molecule has 0 bridgehead atoms. The Labute approximate surface area is 203 Å². The Kier molecular flexibility index (Phi) is 7.12. The molecule has 2 aromatic carbocycles. The first kappa shape index (κ1) is 23.6. The average molecular weight is 471 g/mol. The maximum absolute atomic E-state index is 12.9. The van der Waals surface area contributed by atoms with Crippen LogP contribution in [-0.4, -0.2) is 42.2 Å². The minimum Gasteiger partial charge on any atom is -0.492 e. The Hall–Kier alpha value is -4.58. The number of para-hydroxylation sites is 2. The molecule has 0 aliphatic carbocycles. The second-order valence-electron chi connectivity index (χ2n) is 8.03. The van der Waals surface area contributed by atoms with E-state index in [0.717, 1.165) is 11.4 Å². The van der Waals surface area contributed by atoms with Gasteiger partial charge in [-0.2, -0.15) is 10.4 Å². The van der Waals surface area contributed by atoms with Crippen molar-refractivity contribution in [1.82, 2.24) is 9.78 Å². The summed E-state index contributed by atoms with van der Waals surface area (Å²) in [5.74, 6) is 0.444. The molecule has 0 saturated carbocycles. The zero-order chi connectivity index (χ0) is 24.8. The largest absolute Gasteiger partial charge is 0.492 e. The van der Waals surface area contributed by atoms with Gasteiger partial charge in [-0.05, 0) is 30.3 Å². The summed E-state index contributed by atoms with van der Waals surface area (Å²) >= 11 is 0. The molecule has 0 spiro atoms. The summed E-state index contributed by atoms with van der Waals surface area (Å²) in [6.45, 7) is 1.05. The van der Waals surface area contributed by atoms with Gasteiger partial charge in [0.25, 0.3) is 0 Å². The molecule has 1 aliphatic heterocycles. The van der Waals surface area contributed by atoms with E-state index in [1.54, 1.807) is 35.1 Å². The Bertz CT molecular complexity index is 1260. The monoisotopic (exact) mass is 470 g/mol. The number of ether oxygens (including phenoxy) is 1. The molecule has 9 nitrogen and oxygen atoms in total. The highest BCUT2D eigenvalue weighted by molar-refractivity contribution is 6.04. The summed E-state index contributed by atoms with van der Waals surface area (Å²) < 4.78 is 7.50. The van der Waals surface area contributed by atoms with Gasteiger partial charge in [-0.15, -0.1) is 0 Å². The number of rotatable bonds is 9. The summed E-state index contributed by atoms with van der Waals surface area (Å²) in [4.78, 5) is 29.0. The van der Waals surface area contributed by atoms with Crippen LogP contribution in [0.25, 0.3) is 0 Å². The molecule has 2 heterocycles. The lowest BCUT2D eigenvalue weighted by molar-refractivity contribution is -0.120. The van der Waals surface area contributed by atoms with Crippen LogP contribution < -0.4 is 19.9 Å². The van der Waals surface area contributed by atoms with Crippen LogP contribution in [-0.2, 0) is 16.1 Å². The van der Waals surface area contributed by atoms with Crippen molar-refractivity contribution in [2.45, 2.75) is 19.4 Å². The van der Waals surface area contributed by atoms with E-state index >= 15 is 0 Å².